The van der Waals surface area contributed by atoms with Crippen LogP contribution in [0.4, 0.5) is 0 Å². The van der Waals surface area contributed by atoms with Crippen LogP contribution in [0.25, 0.3) is 0 Å². The second kappa shape index (κ2) is 5.41. The average Bonchev–Trinajstić information content (AvgIpc) is 2.31. The molecule has 0 aliphatic carbocycles. The first-order chi connectivity index (χ1) is 7.75. The first-order valence-electron chi connectivity index (χ1n) is 6.08. The number of nitrogens with zero attached hydrogens (tertiary/aromatic N) is 2. The summed E-state index contributed by atoms with van der Waals surface area (Å²) in [6, 6.07) is 3.92. The minimum atomic E-state index is -0.397. The molecule has 0 spiro atoms. The summed E-state index contributed by atoms with van der Waals surface area (Å²) in [7, 11) is 0. The molecule has 16 heavy (non-hydrogen) atoms. The van der Waals surface area contributed by atoms with Crippen molar-refractivity contribution >= 4 is 0 Å². The molecule has 0 bridgehead atoms. The van der Waals surface area contributed by atoms with E-state index < -0.39 is 6.10 Å². The number of likely N-dealkylation sites (tertiary alicyclic amines) is 1. The highest BCUT2D eigenvalue weighted by atomic mass is 16.3. The van der Waals surface area contributed by atoms with Gasteiger partial charge in [0.1, 0.15) is 0 Å². The number of hydrogen-bond donors (Lipinski definition) is 1. The van der Waals surface area contributed by atoms with Gasteiger partial charge in [-0.3, -0.25) is 4.98 Å². The molecule has 1 atom stereocenters. The van der Waals surface area contributed by atoms with E-state index in [1.54, 1.807) is 6.20 Å². The van der Waals surface area contributed by atoms with Gasteiger partial charge in [0.15, 0.2) is 0 Å². The number of aromatic nitrogens is 1. The normalized spacial score (nSPS) is 19.6. The highest BCUT2D eigenvalue weighted by Crippen LogP contribution is 2.16. The average molecular weight is 220 g/mol. The minimum absolute atomic E-state index is 0.397. The van der Waals surface area contributed by atoms with Crippen LogP contribution in [0.5, 0.6) is 0 Å². The van der Waals surface area contributed by atoms with Gasteiger partial charge in [0.05, 0.1) is 6.10 Å². The lowest BCUT2D eigenvalue weighted by Crippen LogP contribution is -2.33. The highest BCUT2D eigenvalue weighted by molar-refractivity contribution is 5.15. The maximum absolute atomic E-state index is 10.1. The molecule has 1 unspecified atom stereocenters. The van der Waals surface area contributed by atoms with E-state index in [4.69, 9.17) is 0 Å². The van der Waals surface area contributed by atoms with Crippen molar-refractivity contribution in [2.24, 2.45) is 0 Å². The number of hydrogen-bond acceptors (Lipinski definition) is 3. The SMILES string of the molecule is Cc1ccc(C(O)CN2CCCCC2)cn1. The van der Waals surface area contributed by atoms with Crippen molar-refractivity contribution in [2.75, 3.05) is 19.6 Å². The number of β-amino-alcohol motifs (C(OH)–C–C–N with tert-alkyl or cyclic N) is 1. The molecule has 0 saturated carbocycles. The monoisotopic (exact) mass is 220 g/mol. The molecule has 2 heterocycles. The summed E-state index contributed by atoms with van der Waals surface area (Å²) in [5.74, 6) is 0. The topological polar surface area (TPSA) is 36.4 Å². The third kappa shape index (κ3) is 3.03. The van der Waals surface area contributed by atoms with E-state index >= 15 is 0 Å². The van der Waals surface area contributed by atoms with Crippen LogP contribution in [0.2, 0.25) is 0 Å². The molecule has 1 N–H and O–H groups in total. The fourth-order valence-corrected chi connectivity index (χ4v) is 2.17. The zero-order valence-corrected chi connectivity index (χ0v) is 9.89. The smallest absolute Gasteiger partial charge is 0.0931 e. The van der Waals surface area contributed by atoms with Crippen LogP contribution >= 0.6 is 0 Å². The van der Waals surface area contributed by atoms with Crippen LogP contribution in [0.1, 0.15) is 36.6 Å². The van der Waals surface area contributed by atoms with Gasteiger partial charge < -0.3 is 10.0 Å². The zero-order chi connectivity index (χ0) is 11.4. The van der Waals surface area contributed by atoms with Crippen LogP contribution in [0.15, 0.2) is 18.3 Å². The molecule has 1 saturated heterocycles. The Bertz CT molecular complexity index is 317. The standard InChI is InChI=1S/C13H20N2O/c1-11-5-6-12(9-14-11)13(16)10-15-7-3-2-4-8-15/h5-6,9,13,16H,2-4,7-8,10H2,1H3. The lowest BCUT2D eigenvalue weighted by Gasteiger charge is -2.28. The lowest BCUT2D eigenvalue weighted by molar-refractivity contribution is 0.101. The Labute approximate surface area is 97.1 Å². The first-order valence-corrected chi connectivity index (χ1v) is 6.08. The van der Waals surface area contributed by atoms with E-state index in [-0.39, 0.29) is 0 Å². The van der Waals surface area contributed by atoms with Gasteiger partial charge in [-0.15, -0.1) is 0 Å². The third-order valence-electron chi connectivity index (χ3n) is 3.20. The molecule has 2 rings (SSSR count). The van der Waals surface area contributed by atoms with Crippen molar-refractivity contribution in [1.82, 2.24) is 9.88 Å². The molecular formula is C13H20N2O. The molecule has 1 aliphatic heterocycles. The number of aliphatic hydroxyl groups excluding tert-OH is 1. The molecule has 1 aromatic heterocycles. The molecule has 3 nitrogen and oxygen atoms in total. The molecule has 1 fully saturated rings. The molecule has 3 heteroatoms. The molecule has 0 radical (unpaired) electrons. The molecule has 0 aromatic carbocycles. The Kier molecular flexibility index (Phi) is 3.91. The van der Waals surface area contributed by atoms with Gasteiger partial charge in [-0.25, -0.2) is 0 Å². The predicted octanol–water partition coefficient (Wildman–Crippen LogP) is 1.91. The van der Waals surface area contributed by atoms with Crippen molar-refractivity contribution in [3.63, 3.8) is 0 Å². The number of pyridine rings is 1. The maximum atomic E-state index is 10.1. The Balaban J connectivity index is 1.91. The molecule has 0 amide bonds. The zero-order valence-electron chi connectivity index (χ0n) is 9.89. The molecule has 1 aliphatic rings. The Morgan fingerprint density at radius 3 is 2.69 bits per heavy atom. The van der Waals surface area contributed by atoms with Crippen LogP contribution < -0.4 is 0 Å². The van der Waals surface area contributed by atoms with E-state index in [0.29, 0.717) is 0 Å². The molecular weight excluding hydrogens is 200 g/mol. The summed E-state index contributed by atoms with van der Waals surface area (Å²) in [6.45, 7) is 4.94. The van der Waals surface area contributed by atoms with Crippen LogP contribution in [0, 0.1) is 6.92 Å². The van der Waals surface area contributed by atoms with Crippen molar-refractivity contribution in [1.29, 1.82) is 0 Å². The largest absolute Gasteiger partial charge is 0.387 e. The first kappa shape index (κ1) is 11.6. The third-order valence-corrected chi connectivity index (χ3v) is 3.20. The fourth-order valence-electron chi connectivity index (χ4n) is 2.17. The van der Waals surface area contributed by atoms with Gasteiger partial charge in [-0.1, -0.05) is 12.5 Å². The summed E-state index contributed by atoms with van der Waals surface area (Å²) in [5.41, 5.74) is 1.92. The number of aliphatic hydroxyl groups is 1. The second-order valence-electron chi connectivity index (χ2n) is 4.61. The second-order valence-corrected chi connectivity index (χ2v) is 4.61. The molecule has 88 valence electrons. The van der Waals surface area contributed by atoms with Crippen molar-refractivity contribution < 1.29 is 5.11 Å². The number of piperidine rings is 1. The Hall–Kier alpha value is -0.930. The summed E-state index contributed by atoms with van der Waals surface area (Å²) in [6.07, 6.45) is 5.24. The highest BCUT2D eigenvalue weighted by Gasteiger charge is 2.15. The summed E-state index contributed by atoms with van der Waals surface area (Å²) < 4.78 is 0. The van der Waals surface area contributed by atoms with Gasteiger partial charge in [0.2, 0.25) is 0 Å². The van der Waals surface area contributed by atoms with Crippen molar-refractivity contribution in [2.45, 2.75) is 32.3 Å². The van der Waals surface area contributed by atoms with Crippen molar-refractivity contribution in [3.05, 3.63) is 29.6 Å². The van der Waals surface area contributed by atoms with E-state index in [2.05, 4.69) is 9.88 Å². The van der Waals surface area contributed by atoms with E-state index in [0.717, 1.165) is 30.9 Å². The minimum Gasteiger partial charge on any atom is -0.387 e. The maximum Gasteiger partial charge on any atom is 0.0931 e. The summed E-state index contributed by atoms with van der Waals surface area (Å²) in [5, 5.41) is 10.1. The Morgan fingerprint density at radius 1 is 1.31 bits per heavy atom. The van der Waals surface area contributed by atoms with Crippen LogP contribution in [-0.2, 0) is 0 Å². The summed E-state index contributed by atoms with van der Waals surface area (Å²) in [4.78, 5) is 6.56. The van der Waals surface area contributed by atoms with Gasteiger partial charge in [-0.2, -0.15) is 0 Å². The quantitative estimate of drug-likeness (QED) is 0.845. The summed E-state index contributed by atoms with van der Waals surface area (Å²) >= 11 is 0. The Morgan fingerprint density at radius 2 is 2.06 bits per heavy atom. The van der Waals surface area contributed by atoms with E-state index in [1.165, 1.54) is 19.3 Å². The van der Waals surface area contributed by atoms with E-state index in [9.17, 15) is 5.11 Å². The predicted molar refractivity (Wildman–Crippen MR) is 64.2 cm³/mol. The van der Waals surface area contributed by atoms with Crippen molar-refractivity contribution in [3.8, 4) is 0 Å². The number of rotatable bonds is 3. The molecule has 1 aromatic rings. The number of aryl methyl sites for hydroxylation is 1. The van der Waals surface area contributed by atoms with Crippen LogP contribution in [0.3, 0.4) is 0 Å². The lowest BCUT2D eigenvalue weighted by atomic mass is 10.1. The van der Waals surface area contributed by atoms with E-state index in [1.807, 2.05) is 19.1 Å². The van der Waals surface area contributed by atoms with Gasteiger partial charge in [0, 0.05) is 24.0 Å². The van der Waals surface area contributed by atoms with Crippen LogP contribution in [-0.4, -0.2) is 34.6 Å². The van der Waals surface area contributed by atoms with Gasteiger partial charge in [0.25, 0.3) is 0 Å². The van der Waals surface area contributed by atoms with Gasteiger partial charge >= 0.3 is 0 Å². The fraction of sp³-hybridized carbons (Fsp3) is 0.615. The van der Waals surface area contributed by atoms with Gasteiger partial charge in [-0.05, 0) is 38.9 Å².